The second-order valence-corrected chi connectivity index (χ2v) is 4.14. The number of hydrogen-bond acceptors (Lipinski definition) is 4. The van der Waals surface area contributed by atoms with Crippen LogP contribution in [0.4, 0.5) is 0 Å². The molecule has 2 heterocycles. The molecule has 1 aromatic rings. The van der Waals surface area contributed by atoms with Crippen LogP contribution in [-0.4, -0.2) is 42.1 Å². The van der Waals surface area contributed by atoms with Gasteiger partial charge in [-0.3, -0.25) is 4.90 Å². The monoisotopic (exact) mass is 209 g/mol. The molecule has 0 spiro atoms. The fourth-order valence-corrected chi connectivity index (χ4v) is 2.02. The molecular formula is C11H19N3O. The maximum atomic E-state index is 5.23. The summed E-state index contributed by atoms with van der Waals surface area (Å²) in [5.41, 5.74) is 0. The average Bonchev–Trinajstić information content (AvgIpc) is 2.80. The van der Waals surface area contributed by atoms with Gasteiger partial charge in [-0.1, -0.05) is 0 Å². The summed E-state index contributed by atoms with van der Waals surface area (Å²) in [6.07, 6.45) is 5.45. The Labute approximate surface area is 90.7 Å². The molecule has 4 nitrogen and oxygen atoms in total. The van der Waals surface area contributed by atoms with E-state index in [0.29, 0.717) is 6.04 Å². The van der Waals surface area contributed by atoms with Crippen molar-refractivity contribution in [3.63, 3.8) is 0 Å². The highest BCUT2D eigenvalue weighted by molar-refractivity contribution is 4.89. The van der Waals surface area contributed by atoms with Gasteiger partial charge in [0.1, 0.15) is 5.76 Å². The summed E-state index contributed by atoms with van der Waals surface area (Å²) in [4.78, 5) is 6.46. The van der Waals surface area contributed by atoms with Crippen molar-refractivity contribution in [2.24, 2.45) is 0 Å². The SMILES string of the molecule is CC(CCc1cnco1)N1CCNCC1. The summed E-state index contributed by atoms with van der Waals surface area (Å²) in [6.45, 7) is 6.86. The van der Waals surface area contributed by atoms with Crippen LogP contribution in [0.2, 0.25) is 0 Å². The summed E-state index contributed by atoms with van der Waals surface area (Å²) in [7, 11) is 0. The molecule has 84 valence electrons. The molecule has 15 heavy (non-hydrogen) atoms. The first kappa shape index (κ1) is 10.6. The molecular weight excluding hydrogens is 190 g/mol. The molecule has 1 aromatic heterocycles. The third-order valence-corrected chi connectivity index (χ3v) is 3.07. The minimum Gasteiger partial charge on any atom is -0.449 e. The first-order valence-corrected chi connectivity index (χ1v) is 5.68. The molecule has 0 radical (unpaired) electrons. The predicted octanol–water partition coefficient (Wildman–Crippen LogP) is 0.901. The van der Waals surface area contributed by atoms with E-state index in [1.54, 1.807) is 0 Å². The van der Waals surface area contributed by atoms with Crippen LogP contribution >= 0.6 is 0 Å². The first-order valence-electron chi connectivity index (χ1n) is 5.68. The van der Waals surface area contributed by atoms with Crippen LogP contribution in [0.3, 0.4) is 0 Å². The zero-order valence-electron chi connectivity index (χ0n) is 9.28. The first-order chi connectivity index (χ1) is 7.36. The van der Waals surface area contributed by atoms with Crippen molar-refractivity contribution in [2.45, 2.75) is 25.8 Å². The van der Waals surface area contributed by atoms with Crippen LogP contribution in [0, 0.1) is 0 Å². The number of aryl methyl sites for hydroxylation is 1. The average molecular weight is 209 g/mol. The molecule has 0 saturated carbocycles. The molecule has 1 aliphatic heterocycles. The van der Waals surface area contributed by atoms with Gasteiger partial charge < -0.3 is 9.73 Å². The largest absolute Gasteiger partial charge is 0.449 e. The van der Waals surface area contributed by atoms with E-state index >= 15 is 0 Å². The highest BCUT2D eigenvalue weighted by Gasteiger charge is 2.16. The lowest BCUT2D eigenvalue weighted by Gasteiger charge is -2.32. The summed E-state index contributed by atoms with van der Waals surface area (Å²) in [6, 6.07) is 0.636. The Hall–Kier alpha value is -0.870. The normalized spacial score (nSPS) is 20.3. The van der Waals surface area contributed by atoms with Crippen LogP contribution in [0.1, 0.15) is 19.1 Å². The Balaban J connectivity index is 1.74. The number of oxazole rings is 1. The Bertz CT molecular complexity index is 267. The van der Waals surface area contributed by atoms with E-state index < -0.39 is 0 Å². The van der Waals surface area contributed by atoms with Crippen LogP contribution in [0.15, 0.2) is 17.0 Å². The number of nitrogens with one attached hydrogen (secondary N) is 1. The lowest BCUT2D eigenvalue weighted by molar-refractivity contribution is 0.175. The van der Waals surface area contributed by atoms with Gasteiger partial charge in [-0.25, -0.2) is 4.98 Å². The second kappa shape index (κ2) is 5.28. The van der Waals surface area contributed by atoms with Gasteiger partial charge in [0.15, 0.2) is 6.39 Å². The van der Waals surface area contributed by atoms with Crippen molar-refractivity contribution >= 4 is 0 Å². The van der Waals surface area contributed by atoms with Gasteiger partial charge in [0.2, 0.25) is 0 Å². The molecule has 0 aromatic carbocycles. The minimum absolute atomic E-state index is 0.636. The van der Waals surface area contributed by atoms with Gasteiger partial charge in [0.25, 0.3) is 0 Å². The lowest BCUT2D eigenvalue weighted by atomic mass is 10.1. The zero-order valence-corrected chi connectivity index (χ0v) is 9.28. The number of rotatable bonds is 4. The molecule has 0 amide bonds. The maximum Gasteiger partial charge on any atom is 0.180 e. The topological polar surface area (TPSA) is 41.3 Å². The highest BCUT2D eigenvalue weighted by Crippen LogP contribution is 2.09. The second-order valence-electron chi connectivity index (χ2n) is 4.14. The van der Waals surface area contributed by atoms with E-state index in [9.17, 15) is 0 Å². The van der Waals surface area contributed by atoms with Crippen molar-refractivity contribution in [1.82, 2.24) is 15.2 Å². The molecule has 1 fully saturated rings. The van der Waals surface area contributed by atoms with E-state index in [0.717, 1.165) is 44.8 Å². The van der Waals surface area contributed by atoms with Gasteiger partial charge in [-0.15, -0.1) is 0 Å². The van der Waals surface area contributed by atoms with Crippen molar-refractivity contribution < 1.29 is 4.42 Å². The van der Waals surface area contributed by atoms with E-state index in [-0.39, 0.29) is 0 Å². The third kappa shape index (κ3) is 3.04. The maximum absolute atomic E-state index is 5.23. The molecule has 1 N–H and O–H groups in total. The summed E-state index contributed by atoms with van der Waals surface area (Å²) in [5.74, 6) is 0.997. The summed E-state index contributed by atoms with van der Waals surface area (Å²) < 4.78 is 5.23. The van der Waals surface area contributed by atoms with E-state index in [1.165, 1.54) is 6.39 Å². The fraction of sp³-hybridized carbons (Fsp3) is 0.727. The van der Waals surface area contributed by atoms with Crippen LogP contribution < -0.4 is 5.32 Å². The van der Waals surface area contributed by atoms with Gasteiger partial charge in [0, 0.05) is 38.6 Å². The lowest BCUT2D eigenvalue weighted by Crippen LogP contribution is -2.47. The van der Waals surface area contributed by atoms with Crippen LogP contribution in [-0.2, 0) is 6.42 Å². The summed E-state index contributed by atoms with van der Waals surface area (Å²) >= 11 is 0. The molecule has 0 bridgehead atoms. The number of hydrogen-bond donors (Lipinski definition) is 1. The quantitative estimate of drug-likeness (QED) is 0.800. The zero-order chi connectivity index (χ0) is 10.5. The number of aromatic nitrogens is 1. The Morgan fingerprint density at radius 3 is 3.00 bits per heavy atom. The van der Waals surface area contributed by atoms with Gasteiger partial charge >= 0.3 is 0 Å². The molecule has 1 aliphatic rings. The van der Waals surface area contributed by atoms with Gasteiger partial charge in [-0.2, -0.15) is 0 Å². The number of piperazine rings is 1. The highest BCUT2D eigenvalue weighted by atomic mass is 16.3. The fourth-order valence-electron chi connectivity index (χ4n) is 2.02. The number of nitrogens with zero attached hydrogens (tertiary/aromatic N) is 2. The minimum atomic E-state index is 0.636. The molecule has 4 heteroatoms. The summed E-state index contributed by atoms with van der Waals surface area (Å²) in [5, 5.41) is 3.37. The Morgan fingerprint density at radius 1 is 1.53 bits per heavy atom. The van der Waals surface area contributed by atoms with Crippen molar-refractivity contribution in [3.8, 4) is 0 Å². The third-order valence-electron chi connectivity index (χ3n) is 3.07. The Kier molecular flexibility index (Phi) is 3.75. The van der Waals surface area contributed by atoms with Crippen molar-refractivity contribution in [1.29, 1.82) is 0 Å². The molecule has 1 unspecified atom stereocenters. The smallest absolute Gasteiger partial charge is 0.180 e. The standard InChI is InChI=1S/C11H19N3O/c1-10(14-6-4-12-5-7-14)2-3-11-8-13-9-15-11/h8-10,12H,2-7H2,1H3. The molecule has 2 rings (SSSR count). The van der Waals surface area contributed by atoms with Crippen molar-refractivity contribution in [2.75, 3.05) is 26.2 Å². The molecule has 1 saturated heterocycles. The van der Waals surface area contributed by atoms with Crippen LogP contribution in [0.25, 0.3) is 0 Å². The van der Waals surface area contributed by atoms with E-state index in [1.807, 2.05) is 6.20 Å². The van der Waals surface area contributed by atoms with Crippen LogP contribution in [0.5, 0.6) is 0 Å². The van der Waals surface area contributed by atoms with E-state index in [2.05, 4.69) is 22.1 Å². The van der Waals surface area contributed by atoms with E-state index in [4.69, 9.17) is 4.42 Å². The molecule has 0 aliphatic carbocycles. The predicted molar refractivity (Wildman–Crippen MR) is 58.7 cm³/mol. The van der Waals surface area contributed by atoms with Crippen molar-refractivity contribution in [3.05, 3.63) is 18.4 Å². The molecule has 1 atom stereocenters. The Morgan fingerprint density at radius 2 is 2.33 bits per heavy atom. The van der Waals surface area contributed by atoms with Gasteiger partial charge in [0.05, 0.1) is 6.20 Å². The van der Waals surface area contributed by atoms with Gasteiger partial charge in [-0.05, 0) is 13.3 Å².